The standard InChI is InChI=1S/C21H37N7O9/c1-3-10(2)16(20(36)37)28-19(35)13(6-7-14(29)30)27-18(34)12(5-4-8-25-21(23)24)26-17(33)11(22)9-15(31)32/h10-13,16H,3-9,22H2,1-2H3,(H,26,33)(H,27,34)(H,28,35)(H,29,30)(H,31,32)(H,36,37)(H4,23,24,25). The summed E-state index contributed by atoms with van der Waals surface area (Å²) < 4.78 is 0. The molecule has 16 heteroatoms. The van der Waals surface area contributed by atoms with Gasteiger partial charge in [0, 0.05) is 13.0 Å². The zero-order valence-corrected chi connectivity index (χ0v) is 20.8. The van der Waals surface area contributed by atoms with Crippen LogP contribution in [0.1, 0.15) is 52.4 Å². The molecule has 0 saturated carbocycles. The molecule has 0 aliphatic heterocycles. The Morgan fingerprint density at radius 2 is 1.38 bits per heavy atom. The van der Waals surface area contributed by atoms with E-state index in [-0.39, 0.29) is 31.8 Å². The maximum atomic E-state index is 13.0. The van der Waals surface area contributed by atoms with Crippen molar-refractivity contribution in [3.05, 3.63) is 0 Å². The van der Waals surface area contributed by atoms with Crippen molar-refractivity contribution in [3.63, 3.8) is 0 Å². The van der Waals surface area contributed by atoms with E-state index in [0.29, 0.717) is 6.42 Å². The number of carboxylic acids is 3. The summed E-state index contributed by atoms with van der Waals surface area (Å²) in [7, 11) is 0. The van der Waals surface area contributed by atoms with E-state index in [1.54, 1.807) is 13.8 Å². The zero-order valence-electron chi connectivity index (χ0n) is 20.8. The summed E-state index contributed by atoms with van der Waals surface area (Å²) >= 11 is 0. The molecule has 37 heavy (non-hydrogen) atoms. The predicted molar refractivity (Wildman–Crippen MR) is 130 cm³/mol. The first-order valence-electron chi connectivity index (χ1n) is 11.6. The topological polar surface area (TPSA) is 290 Å². The third-order valence-electron chi connectivity index (χ3n) is 5.37. The Balaban J connectivity index is 5.74. The lowest BCUT2D eigenvalue weighted by atomic mass is 9.98. The van der Waals surface area contributed by atoms with E-state index in [2.05, 4.69) is 20.9 Å². The van der Waals surface area contributed by atoms with Crippen LogP contribution in [0.25, 0.3) is 0 Å². The third-order valence-corrected chi connectivity index (χ3v) is 5.37. The minimum atomic E-state index is -1.47. The average molecular weight is 532 g/mol. The number of aliphatic carboxylic acids is 3. The molecule has 0 aromatic heterocycles. The molecule has 210 valence electrons. The molecule has 0 heterocycles. The number of nitrogens with one attached hydrogen (secondary N) is 3. The van der Waals surface area contributed by atoms with Gasteiger partial charge >= 0.3 is 17.9 Å². The maximum absolute atomic E-state index is 13.0. The highest BCUT2D eigenvalue weighted by molar-refractivity contribution is 5.95. The molecule has 0 bridgehead atoms. The first kappa shape index (κ1) is 33.0. The maximum Gasteiger partial charge on any atom is 0.326 e. The summed E-state index contributed by atoms with van der Waals surface area (Å²) in [6.45, 7) is 3.41. The molecule has 0 aromatic rings. The van der Waals surface area contributed by atoms with Gasteiger partial charge in [-0.05, 0) is 25.2 Å². The van der Waals surface area contributed by atoms with Gasteiger partial charge in [0.05, 0.1) is 12.5 Å². The van der Waals surface area contributed by atoms with Crippen LogP contribution in [0.2, 0.25) is 0 Å². The summed E-state index contributed by atoms with van der Waals surface area (Å²) in [5, 5.41) is 34.3. The smallest absolute Gasteiger partial charge is 0.326 e. The van der Waals surface area contributed by atoms with Gasteiger partial charge in [-0.25, -0.2) is 4.79 Å². The summed E-state index contributed by atoms with van der Waals surface area (Å²) in [6, 6.07) is -5.51. The largest absolute Gasteiger partial charge is 0.481 e. The highest BCUT2D eigenvalue weighted by atomic mass is 16.4. The Morgan fingerprint density at radius 1 is 0.838 bits per heavy atom. The average Bonchev–Trinajstić information content (AvgIpc) is 2.79. The number of hydrogen-bond acceptors (Lipinski definition) is 8. The van der Waals surface area contributed by atoms with E-state index in [9.17, 15) is 33.9 Å². The molecule has 0 radical (unpaired) electrons. The molecule has 0 spiro atoms. The Kier molecular flexibility index (Phi) is 14.9. The van der Waals surface area contributed by atoms with Crippen LogP contribution in [0, 0.1) is 5.92 Å². The Bertz CT molecular complexity index is 861. The molecule has 3 amide bonds. The molecule has 0 aromatic carbocycles. The first-order valence-corrected chi connectivity index (χ1v) is 11.6. The Hall–Kier alpha value is -3.95. The van der Waals surface area contributed by atoms with Crippen molar-refractivity contribution < 1.29 is 44.1 Å². The fourth-order valence-electron chi connectivity index (χ4n) is 3.08. The van der Waals surface area contributed by atoms with E-state index < -0.39 is 78.6 Å². The molecular formula is C21H37N7O9. The highest BCUT2D eigenvalue weighted by Crippen LogP contribution is 2.10. The number of rotatable bonds is 18. The van der Waals surface area contributed by atoms with Crippen molar-refractivity contribution in [1.29, 1.82) is 0 Å². The lowest BCUT2D eigenvalue weighted by Gasteiger charge is -2.26. The van der Waals surface area contributed by atoms with E-state index >= 15 is 0 Å². The van der Waals surface area contributed by atoms with Gasteiger partial charge in [0.25, 0.3) is 0 Å². The van der Waals surface area contributed by atoms with Crippen molar-refractivity contribution in [2.45, 2.75) is 76.5 Å². The van der Waals surface area contributed by atoms with E-state index in [1.165, 1.54) is 0 Å². The number of carbonyl (C=O) groups is 6. The van der Waals surface area contributed by atoms with E-state index in [1.807, 2.05) is 0 Å². The number of aliphatic imine (C=N–C) groups is 1. The number of carboxylic acid groups (broad SMARTS) is 3. The third kappa shape index (κ3) is 13.6. The van der Waals surface area contributed by atoms with Gasteiger partial charge in [-0.3, -0.25) is 29.0 Å². The predicted octanol–water partition coefficient (Wildman–Crippen LogP) is -2.71. The van der Waals surface area contributed by atoms with Gasteiger partial charge < -0.3 is 48.5 Å². The van der Waals surface area contributed by atoms with Crippen LogP contribution < -0.4 is 33.2 Å². The molecule has 0 aliphatic carbocycles. The van der Waals surface area contributed by atoms with Gasteiger partial charge in [-0.15, -0.1) is 0 Å². The summed E-state index contributed by atoms with van der Waals surface area (Å²) in [5.74, 6) is -7.33. The van der Waals surface area contributed by atoms with Gasteiger partial charge in [0.2, 0.25) is 17.7 Å². The van der Waals surface area contributed by atoms with Gasteiger partial charge in [-0.1, -0.05) is 20.3 Å². The fraction of sp³-hybridized carbons (Fsp3) is 0.667. The molecule has 0 saturated heterocycles. The van der Waals surface area contributed by atoms with Crippen LogP contribution >= 0.6 is 0 Å². The normalized spacial score (nSPS) is 14.7. The van der Waals surface area contributed by atoms with E-state index in [4.69, 9.17) is 27.4 Å². The molecule has 5 atom stereocenters. The van der Waals surface area contributed by atoms with Crippen LogP contribution in [-0.4, -0.2) is 87.6 Å². The molecule has 16 nitrogen and oxygen atoms in total. The molecular weight excluding hydrogens is 494 g/mol. The molecule has 0 aliphatic rings. The van der Waals surface area contributed by atoms with Crippen molar-refractivity contribution in [3.8, 4) is 0 Å². The molecule has 5 unspecified atom stereocenters. The minimum Gasteiger partial charge on any atom is -0.481 e. The molecule has 12 N–H and O–H groups in total. The second-order valence-electron chi connectivity index (χ2n) is 8.42. The molecule has 0 rings (SSSR count). The van der Waals surface area contributed by atoms with Gasteiger partial charge in [-0.2, -0.15) is 0 Å². The second-order valence-corrected chi connectivity index (χ2v) is 8.42. The zero-order chi connectivity index (χ0) is 28.7. The number of amides is 3. The summed E-state index contributed by atoms with van der Waals surface area (Å²) in [6.07, 6.45) is -1.04. The number of hydrogen-bond donors (Lipinski definition) is 9. The quantitative estimate of drug-likeness (QED) is 0.0495. The summed E-state index contributed by atoms with van der Waals surface area (Å²) in [5.41, 5.74) is 16.1. The minimum absolute atomic E-state index is 0.0496. The lowest BCUT2D eigenvalue weighted by molar-refractivity contribution is -0.144. The first-order chi connectivity index (χ1) is 17.2. The van der Waals surface area contributed by atoms with Crippen LogP contribution in [0.3, 0.4) is 0 Å². The number of guanidine groups is 1. The number of nitrogens with zero attached hydrogens (tertiary/aromatic N) is 1. The molecule has 0 fully saturated rings. The second kappa shape index (κ2) is 16.7. The Morgan fingerprint density at radius 3 is 1.86 bits per heavy atom. The fourth-order valence-corrected chi connectivity index (χ4v) is 3.08. The highest BCUT2D eigenvalue weighted by Gasteiger charge is 2.32. The van der Waals surface area contributed by atoms with Crippen molar-refractivity contribution in [2.24, 2.45) is 28.1 Å². The number of carbonyl (C=O) groups excluding carboxylic acids is 3. The lowest BCUT2D eigenvalue weighted by Crippen LogP contribution is -2.57. The van der Waals surface area contributed by atoms with Crippen molar-refractivity contribution in [2.75, 3.05) is 6.54 Å². The van der Waals surface area contributed by atoms with Crippen LogP contribution in [0.15, 0.2) is 4.99 Å². The summed E-state index contributed by atoms with van der Waals surface area (Å²) in [4.78, 5) is 75.4. The SMILES string of the molecule is CCC(C)C(NC(=O)C(CCC(=O)O)NC(=O)C(CCCN=C(N)N)NC(=O)C(N)CC(=O)O)C(=O)O. The van der Waals surface area contributed by atoms with Crippen molar-refractivity contribution in [1.82, 2.24) is 16.0 Å². The monoisotopic (exact) mass is 531 g/mol. The van der Waals surface area contributed by atoms with Crippen LogP contribution in [-0.2, 0) is 28.8 Å². The number of nitrogens with two attached hydrogens (primary N) is 3. The van der Waals surface area contributed by atoms with Crippen LogP contribution in [0.4, 0.5) is 0 Å². The Labute approximate surface area is 213 Å². The van der Waals surface area contributed by atoms with E-state index in [0.717, 1.165) is 0 Å². The van der Waals surface area contributed by atoms with Gasteiger partial charge in [0.1, 0.15) is 18.1 Å². The van der Waals surface area contributed by atoms with Gasteiger partial charge in [0.15, 0.2) is 5.96 Å². The van der Waals surface area contributed by atoms with Crippen molar-refractivity contribution >= 4 is 41.6 Å². The van der Waals surface area contributed by atoms with Crippen LogP contribution in [0.5, 0.6) is 0 Å².